The van der Waals surface area contributed by atoms with Crippen molar-refractivity contribution >= 4 is 18.1 Å². The van der Waals surface area contributed by atoms with Gasteiger partial charge in [0, 0.05) is 18.3 Å². The standard InChI is InChI=1S/C10H12N2/c1-8(11-2)9-6-4-5-7-10(9)12-3/h4-7H,3H2,1-2H3/b11-8-. The lowest BCUT2D eigenvalue weighted by atomic mass is 10.1. The molecule has 0 aromatic heterocycles. The number of benzene rings is 1. The summed E-state index contributed by atoms with van der Waals surface area (Å²) in [4.78, 5) is 8.00. The lowest BCUT2D eigenvalue weighted by Crippen LogP contribution is -1.93. The van der Waals surface area contributed by atoms with Crippen LogP contribution in [0.5, 0.6) is 0 Å². The first-order chi connectivity index (χ1) is 5.79. The maximum atomic E-state index is 4.10. The largest absolute Gasteiger partial charge is 0.293 e. The first-order valence-corrected chi connectivity index (χ1v) is 3.79. The van der Waals surface area contributed by atoms with Gasteiger partial charge in [-0.2, -0.15) is 0 Å². The Morgan fingerprint density at radius 2 is 2.00 bits per heavy atom. The van der Waals surface area contributed by atoms with Crippen LogP contribution in [0.25, 0.3) is 0 Å². The molecule has 0 bridgehead atoms. The Morgan fingerprint density at radius 3 is 2.58 bits per heavy atom. The predicted octanol–water partition coefficient (Wildman–Crippen LogP) is 2.46. The molecule has 0 saturated carbocycles. The Hall–Kier alpha value is -1.44. The SMILES string of the molecule is C=Nc1ccccc1/C(C)=N\C. The molecule has 1 rings (SSSR count). The normalized spacial score (nSPS) is 11.3. The Labute approximate surface area is 72.7 Å². The molecule has 1 aromatic carbocycles. The van der Waals surface area contributed by atoms with Crippen molar-refractivity contribution in [2.45, 2.75) is 6.92 Å². The molecule has 0 aliphatic carbocycles. The maximum Gasteiger partial charge on any atom is 0.0712 e. The van der Waals surface area contributed by atoms with Gasteiger partial charge in [-0.25, -0.2) is 0 Å². The fraction of sp³-hybridized carbons (Fsp3) is 0.200. The van der Waals surface area contributed by atoms with Crippen molar-refractivity contribution in [2.75, 3.05) is 7.05 Å². The zero-order chi connectivity index (χ0) is 8.97. The van der Waals surface area contributed by atoms with Crippen LogP contribution in [-0.4, -0.2) is 19.5 Å². The monoisotopic (exact) mass is 160 g/mol. The molecule has 0 N–H and O–H groups in total. The molecule has 0 amide bonds. The zero-order valence-electron chi connectivity index (χ0n) is 7.41. The van der Waals surface area contributed by atoms with Crippen LogP contribution in [0.15, 0.2) is 34.3 Å². The second-order valence-corrected chi connectivity index (χ2v) is 2.48. The highest BCUT2D eigenvalue weighted by molar-refractivity contribution is 6.02. The van der Waals surface area contributed by atoms with E-state index in [1.54, 1.807) is 7.05 Å². The number of rotatable bonds is 2. The molecule has 62 valence electrons. The van der Waals surface area contributed by atoms with E-state index in [-0.39, 0.29) is 0 Å². The molecule has 2 heteroatoms. The lowest BCUT2D eigenvalue weighted by molar-refractivity contribution is 1.40. The van der Waals surface area contributed by atoms with E-state index >= 15 is 0 Å². The average molecular weight is 160 g/mol. The topological polar surface area (TPSA) is 24.7 Å². The van der Waals surface area contributed by atoms with Gasteiger partial charge in [-0.3, -0.25) is 9.98 Å². The Bertz CT molecular complexity index is 313. The third-order valence-corrected chi connectivity index (χ3v) is 1.80. The Kier molecular flexibility index (Phi) is 2.75. The third-order valence-electron chi connectivity index (χ3n) is 1.80. The second-order valence-electron chi connectivity index (χ2n) is 2.48. The quantitative estimate of drug-likeness (QED) is 0.594. The minimum Gasteiger partial charge on any atom is -0.293 e. The molecule has 0 spiro atoms. The molecular weight excluding hydrogens is 148 g/mol. The van der Waals surface area contributed by atoms with Gasteiger partial charge in [0.2, 0.25) is 0 Å². The van der Waals surface area contributed by atoms with Gasteiger partial charge in [0.05, 0.1) is 5.69 Å². The molecule has 0 unspecified atom stereocenters. The molecule has 12 heavy (non-hydrogen) atoms. The fourth-order valence-electron chi connectivity index (χ4n) is 1.04. The van der Waals surface area contributed by atoms with Crippen molar-refractivity contribution < 1.29 is 0 Å². The van der Waals surface area contributed by atoms with Gasteiger partial charge in [0.1, 0.15) is 0 Å². The van der Waals surface area contributed by atoms with Gasteiger partial charge in [-0.05, 0) is 19.7 Å². The van der Waals surface area contributed by atoms with Crippen molar-refractivity contribution in [3.8, 4) is 0 Å². The molecule has 0 fully saturated rings. The second kappa shape index (κ2) is 3.81. The molecule has 0 radical (unpaired) electrons. The molecule has 0 heterocycles. The van der Waals surface area contributed by atoms with Crippen LogP contribution in [-0.2, 0) is 0 Å². The fourth-order valence-corrected chi connectivity index (χ4v) is 1.04. The molecule has 0 atom stereocenters. The highest BCUT2D eigenvalue weighted by atomic mass is 14.7. The highest BCUT2D eigenvalue weighted by Gasteiger charge is 2.00. The van der Waals surface area contributed by atoms with E-state index in [1.165, 1.54) is 0 Å². The van der Waals surface area contributed by atoms with Crippen molar-refractivity contribution in [3.05, 3.63) is 29.8 Å². The molecule has 1 aromatic rings. The maximum absolute atomic E-state index is 4.10. The van der Waals surface area contributed by atoms with Gasteiger partial charge in [-0.1, -0.05) is 18.2 Å². The number of nitrogens with zero attached hydrogens (tertiary/aromatic N) is 2. The summed E-state index contributed by atoms with van der Waals surface area (Å²) in [5.41, 5.74) is 2.92. The van der Waals surface area contributed by atoms with E-state index < -0.39 is 0 Å². The smallest absolute Gasteiger partial charge is 0.0712 e. The minimum absolute atomic E-state index is 0.889. The van der Waals surface area contributed by atoms with Crippen molar-refractivity contribution in [1.29, 1.82) is 0 Å². The first kappa shape index (κ1) is 8.65. The summed E-state index contributed by atoms with van der Waals surface area (Å²) < 4.78 is 0. The van der Waals surface area contributed by atoms with Crippen LogP contribution in [0.1, 0.15) is 12.5 Å². The van der Waals surface area contributed by atoms with E-state index in [0.717, 1.165) is 17.0 Å². The minimum atomic E-state index is 0.889. The Morgan fingerprint density at radius 1 is 1.33 bits per heavy atom. The van der Waals surface area contributed by atoms with Gasteiger partial charge in [0.15, 0.2) is 0 Å². The zero-order valence-corrected chi connectivity index (χ0v) is 7.41. The highest BCUT2D eigenvalue weighted by Crippen LogP contribution is 2.18. The molecule has 0 saturated heterocycles. The number of para-hydroxylation sites is 1. The van der Waals surface area contributed by atoms with Crippen molar-refractivity contribution in [3.63, 3.8) is 0 Å². The van der Waals surface area contributed by atoms with E-state index in [4.69, 9.17) is 0 Å². The number of hydrogen-bond donors (Lipinski definition) is 0. The van der Waals surface area contributed by atoms with Crippen LogP contribution in [0.3, 0.4) is 0 Å². The summed E-state index contributed by atoms with van der Waals surface area (Å²) in [5.74, 6) is 0. The Balaban J connectivity index is 3.22. The first-order valence-electron chi connectivity index (χ1n) is 3.79. The third kappa shape index (κ3) is 1.59. The lowest BCUT2D eigenvalue weighted by Gasteiger charge is -2.02. The van der Waals surface area contributed by atoms with E-state index in [0.29, 0.717) is 0 Å². The molecule has 2 nitrogen and oxygen atoms in total. The summed E-state index contributed by atoms with van der Waals surface area (Å²) in [7, 11) is 1.77. The summed E-state index contributed by atoms with van der Waals surface area (Å²) in [6.07, 6.45) is 0. The number of hydrogen-bond acceptors (Lipinski definition) is 2. The molecule has 0 aliphatic heterocycles. The van der Waals surface area contributed by atoms with Gasteiger partial charge in [0.25, 0.3) is 0 Å². The van der Waals surface area contributed by atoms with Crippen molar-refractivity contribution in [2.24, 2.45) is 9.98 Å². The van der Waals surface area contributed by atoms with Crippen LogP contribution in [0, 0.1) is 0 Å². The van der Waals surface area contributed by atoms with Gasteiger partial charge >= 0.3 is 0 Å². The van der Waals surface area contributed by atoms with E-state index in [9.17, 15) is 0 Å². The molecular formula is C10H12N2. The van der Waals surface area contributed by atoms with Crippen LogP contribution in [0.2, 0.25) is 0 Å². The van der Waals surface area contributed by atoms with Crippen molar-refractivity contribution in [1.82, 2.24) is 0 Å². The summed E-state index contributed by atoms with van der Waals surface area (Å²) in [5, 5.41) is 0. The molecule has 0 aliphatic rings. The predicted molar refractivity (Wildman–Crippen MR) is 53.8 cm³/mol. The summed E-state index contributed by atoms with van der Waals surface area (Å²) in [6, 6.07) is 7.83. The van der Waals surface area contributed by atoms with Gasteiger partial charge in [-0.15, -0.1) is 0 Å². The number of aliphatic imine (C=N–C) groups is 2. The van der Waals surface area contributed by atoms with Crippen LogP contribution in [0.4, 0.5) is 5.69 Å². The average Bonchev–Trinajstić information content (AvgIpc) is 2.16. The van der Waals surface area contributed by atoms with Crippen LogP contribution < -0.4 is 0 Å². The van der Waals surface area contributed by atoms with E-state index in [1.807, 2.05) is 31.2 Å². The summed E-state index contributed by atoms with van der Waals surface area (Å²) >= 11 is 0. The summed E-state index contributed by atoms with van der Waals surface area (Å²) in [6.45, 7) is 5.47. The van der Waals surface area contributed by atoms with E-state index in [2.05, 4.69) is 16.7 Å². The van der Waals surface area contributed by atoms with Crippen LogP contribution >= 0.6 is 0 Å². The van der Waals surface area contributed by atoms with Gasteiger partial charge < -0.3 is 0 Å².